The summed E-state index contributed by atoms with van der Waals surface area (Å²) in [6, 6.07) is 8.79. The lowest BCUT2D eigenvalue weighted by Gasteiger charge is -2.35. The van der Waals surface area contributed by atoms with Crippen molar-refractivity contribution in [1.29, 1.82) is 0 Å². The van der Waals surface area contributed by atoms with E-state index in [0.29, 0.717) is 25.9 Å². The van der Waals surface area contributed by atoms with Gasteiger partial charge in [-0.15, -0.1) is 0 Å². The lowest BCUT2D eigenvalue weighted by molar-refractivity contribution is -0.155. The van der Waals surface area contributed by atoms with E-state index in [4.69, 9.17) is 9.47 Å². The van der Waals surface area contributed by atoms with Crippen LogP contribution in [0.4, 0.5) is 0 Å². The molecule has 8 nitrogen and oxygen atoms in total. The minimum atomic E-state index is -1.26. The lowest BCUT2D eigenvalue weighted by atomic mass is 9.78. The Labute approximate surface area is 198 Å². The zero-order valence-electron chi connectivity index (χ0n) is 19.0. The molecule has 0 aliphatic carbocycles. The van der Waals surface area contributed by atoms with Crippen LogP contribution < -0.4 is 0 Å². The number of fused-ring (bicyclic) bond motifs is 2. The molecule has 0 saturated carbocycles. The summed E-state index contributed by atoms with van der Waals surface area (Å²) in [4.78, 5) is 44.1. The van der Waals surface area contributed by atoms with Gasteiger partial charge in [0.25, 0.3) is 0 Å². The lowest BCUT2D eigenvalue weighted by Crippen LogP contribution is -2.55. The first-order valence-electron chi connectivity index (χ1n) is 12.0. The zero-order chi connectivity index (χ0) is 23.7. The second-order valence-electron chi connectivity index (χ2n) is 9.30. The molecule has 34 heavy (non-hydrogen) atoms. The van der Waals surface area contributed by atoms with E-state index in [-0.39, 0.29) is 31.6 Å². The maximum absolute atomic E-state index is 14.0. The number of esters is 1. The van der Waals surface area contributed by atoms with E-state index in [1.54, 1.807) is 4.90 Å². The number of allylic oxidation sites excluding steroid dienone is 1. The number of likely N-dealkylation sites (tertiary alicyclic amines) is 1. The van der Waals surface area contributed by atoms with Gasteiger partial charge in [-0.1, -0.05) is 54.6 Å². The highest BCUT2D eigenvalue weighted by molar-refractivity contribution is 5.99. The summed E-state index contributed by atoms with van der Waals surface area (Å²) in [5, 5.41) is 9.45. The van der Waals surface area contributed by atoms with Crippen LogP contribution in [0.3, 0.4) is 0 Å². The van der Waals surface area contributed by atoms with E-state index in [1.165, 1.54) is 4.90 Å². The Balaban J connectivity index is 1.55. The molecule has 4 aliphatic heterocycles. The first-order chi connectivity index (χ1) is 16.6. The molecule has 8 heteroatoms. The molecule has 1 aromatic rings. The van der Waals surface area contributed by atoms with Crippen molar-refractivity contribution in [1.82, 2.24) is 9.80 Å². The Morgan fingerprint density at radius 2 is 1.91 bits per heavy atom. The quantitative estimate of drug-likeness (QED) is 0.521. The number of aliphatic hydroxyl groups excluding tert-OH is 1. The fourth-order valence-corrected chi connectivity index (χ4v) is 5.73. The maximum Gasteiger partial charge on any atom is 0.312 e. The highest BCUT2D eigenvalue weighted by atomic mass is 16.6. The predicted molar refractivity (Wildman–Crippen MR) is 122 cm³/mol. The standard InChI is InChI=1S/C26H30N2O6/c29-15-8-14-28-22-24(31)27(17-18-9-3-1-4-10-18)13-7-12-26(22)21(23(28)30)20-19(34-26)11-5-2-6-16-33-25(20)32/h1,3-5,7,9-12,19-22,29H,2,6,8,13-17H2/b11-5-/t19-,20+,21-,22?,26-/m0/s1. The molecule has 1 spiro atoms. The molecule has 5 rings (SSSR count). The van der Waals surface area contributed by atoms with Gasteiger partial charge < -0.3 is 24.4 Å². The highest BCUT2D eigenvalue weighted by Crippen LogP contribution is 2.53. The van der Waals surface area contributed by atoms with Gasteiger partial charge in [0.05, 0.1) is 18.6 Å². The molecule has 2 amide bonds. The summed E-state index contributed by atoms with van der Waals surface area (Å²) >= 11 is 0. The summed E-state index contributed by atoms with van der Waals surface area (Å²) in [6.45, 7) is 1.17. The van der Waals surface area contributed by atoms with Crippen molar-refractivity contribution in [3.05, 3.63) is 60.2 Å². The Hall–Kier alpha value is -2.97. The van der Waals surface area contributed by atoms with E-state index < -0.39 is 35.6 Å². The average molecular weight is 467 g/mol. The van der Waals surface area contributed by atoms with Gasteiger partial charge >= 0.3 is 5.97 Å². The van der Waals surface area contributed by atoms with E-state index in [0.717, 1.165) is 12.0 Å². The molecule has 5 atom stereocenters. The average Bonchev–Trinajstić information content (AvgIpc) is 3.25. The van der Waals surface area contributed by atoms with Gasteiger partial charge in [-0.2, -0.15) is 0 Å². The minimum Gasteiger partial charge on any atom is -0.465 e. The molecule has 2 fully saturated rings. The second-order valence-corrected chi connectivity index (χ2v) is 9.30. The topological polar surface area (TPSA) is 96.4 Å². The van der Waals surface area contributed by atoms with Crippen molar-refractivity contribution in [2.45, 2.75) is 43.6 Å². The van der Waals surface area contributed by atoms with Gasteiger partial charge in [0.2, 0.25) is 11.8 Å². The molecule has 4 heterocycles. The molecule has 2 saturated heterocycles. The van der Waals surface area contributed by atoms with Crippen molar-refractivity contribution in [2.24, 2.45) is 11.8 Å². The number of ether oxygens (including phenoxy) is 2. The molecule has 4 aliphatic rings. The molecule has 0 aromatic heterocycles. The third kappa shape index (κ3) is 3.75. The largest absolute Gasteiger partial charge is 0.465 e. The third-order valence-corrected chi connectivity index (χ3v) is 7.21. The Bertz CT molecular complexity index is 1010. The number of aliphatic hydroxyl groups is 1. The van der Waals surface area contributed by atoms with Gasteiger partial charge in [0.1, 0.15) is 17.6 Å². The molecular formula is C26H30N2O6. The highest BCUT2D eigenvalue weighted by Gasteiger charge is 2.71. The number of hydrogen-bond donors (Lipinski definition) is 1. The number of cyclic esters (lactones) is 1. The van der Waals surface area contributed by atoms with Gasteiger partial charge in [-0.25, -0.2) is 0 Å². The van der Waals surface area contributed by atoms with Crippen molar-refractivity contribution in [3.8, 4) is 0 Å². The van der Waals surface area contributed by atoms with E-state index in [1.807, 2.05) is 54.6 Å². The van der Waals surface area contributed by atoms with E-state index >= 15 is 0 Å². The number of carbonyl (C=O) groups is 3. The van der Waals surface area contributed by atoms with Crippen molar-refractivity contribution >= 4 is 17.8 Å². The molecule has 0 bridgehead atoms. The summed E-state index contributed by atoms with van der Waals surface area (Å²) < 4.78 is 12.0. The number of amides is 2. The number of rotatable bonds is 5. The van der Waals surface area contributed by atoms with Gasteiger partial charge in [-0.05, 0) is 24.8 Å². The number of carbonyl (C=O) groups excluding carboxylic acids is 3. The van der Waals surface area contributed by atoms with Crippen LogP contribution >= 0.6 is 0 Å². The SMILES string of the molecule is O=C1OCCC/C=C\[C@@H]2O[C@]34C=CCN(Cc5ccccc5)C(=O)C3N(CCCO)C(=O)[C@@H]4[C@H]12. The number of hydrogen-bond acceptors (Lipinski definition) is 6. The van der Waals surface area contributed by atoms with Crippen LogP contribution in [-0.2, 0) is 30.4 Å². The van der Waals surface area contributed by atoms with E-state index in [2.05, 4.69) is 0 Å². The summed E-state index contributed by atoms with van der Waals surface area (Å²) in [6.07, 6.45) is 8.65. The van der Waals surface area contributed by atoms with Crippen LogP contribution in [0.15, 0.2) is 54.6 Å². The molecule has 1 unspecified atom stereocenters. The summed E-state index contributed by atoms with van der Waals surface area (Å²) in [5.74, 6) is -2.64. The summed E-state index contributed by atoms with van der Waals surface area (Å²) in [5.41, 5.74) is -0.271. The molecular weight excluding hydrogens is 436 g/mol. The summed E-state index contributed by atoms with van der Waals surface area (Å²) in [7, 11) is 0. The van der Waals surface area contributed by atoms with Crippen LogP contribution in [0.5, 0.6) is 0 Å². The second kappa shape index (κ2) is 9.35. The van der Waals surface area contributed by atoms with Crippen LogP contribution in [0.1, 0.15) is 24.8 Å². The van der Waals surface area contributed by atoms with Crippen LogP contribution in [0.25, 0.3) is 0 Å². The number of benzene rings is 1. The maximum atomic E-state index is 14.0. The predicted octanol–water partition coefficient (Wildman–Crippen LogP) is 1.44. The molecule has 1 N–H and O–H groups in total. The Morgan fingerprint density at radius 3 is 2.71 bits per heavy atom. The monoisotopic (exact) mass is 466 g/mol. The minimum absolute atomic E-state index is 0.108. The molecule has 1 aromatic carbocycles. The first kappa shape index (κ1) is 22.8. The first-order valence-corrected chi connectivity index (χ1v) is 12.0. The van der Waals surface area contributed by atoms with Crippen LogP contribution in [0.2, 0.25) is 0 Å². The van der Waals surface area contributed by atoms with Gasteiger partial charge in [0.15, 0.2) is 0 Å². The van der Waals surface area contributed by atoms with Crippen LogP contribution in [-0.4, -0.2) is 76.7 Å². The van der Waals surface area contributed by atoms with Crippen molar-refractivity contribution in [3.63, 3.8) is 0 Å². The number of nitrogens with zero attached hydrogens (tertiary/aromatic N) is 2. The Morgan fingerprint density at radius 1 is 1.09 bits per heavy atom. The van der Waals surface area contributed by atoms with Crippen molar-refractivity contribution in [2.75, 3.05) is 26.3 Å². The third-order valence-electron chi connectivity index (χ3n) is 7.21. The molecule has 180 valence electrons. The van der Waals surface area contributed by atoms with Crippen LogP contribution in [0, 0.1) is 11.8 Å². The van der Waals surface area contributed by atoms with Gasteiger partial charge in [0, 0.05) is 26.2 Å². The van der Waals surface area contributed by atoms with Crippen molar-refractivity contribution < 1.29 is 29.0 Å². The zero-order valence-corrected chi connectivity index (χ0v) is 19.0. The fourth-order valence-electron chi connectivity index (χ4n) is 5.73. The van der Waals surface area contributed by atoms with E-state index in [9.17, 15) is 19.5 Å². The van der Waals surface area contributed by atoms with Gasteiger partial charge in [-0.3, -0.25) is 14.4 Å². The Kier molecular flexibility index (Phi) is 6.27. The fraction of sp³-hybridized carbons (Fsp3) is 0.500. The molecule has 0 radical (unpaired) electrons. The smallest absolute Gasteiger partial charge is 0.312 e. The normalized spacial score (nSPS) is 33.9.